The summed E-state index contributed by atoms with van der Waals surface area (Å²) in [4.78, 5) is 11.3. The van der Waals surface area contributed by atoms with Gasteiger partial charge in [-0.05, 0) is 24.6 Å². The third-order valence-corrected chi connectivity index (χ3v) is 4.13. The maximum atomic E-state index is 5.35. The molecule has 0 aliphatic rings. The van der Waals surface area contributed by atoms with Crippen molar-refractivity contribution >= 4 is 17.5 Å². The summed E-state index contributed by atoms with van der Waals surface area (Å²) in [7, 11) is 5.25. The topological polar surface area (TPSA) is 59.5 Å². The second-order valence-electron chi connectivity index (χ2n) is 6.23. The molecule has 0 atom stereocenters. The molecule has 0 radical (unpaired) electrons. The number of hydrogen-bond acceptors (Lipinski definition) is 6. The van der Waals surface area contributed by atoms with Gasteiger partial charge in [0.05, 0.1) is 14.2 Å². The average Bonchev–Trinajstić information content (AvgIpc) is 2.68. The Bertz CT molecular complexity index is 900. The number of nitrogens with zero attached hydrogens (tertiary/aromatic N) is 3. The Morgan fingerprint density at radius 3 is 2.37 bits per heavy atom. The largest absolute Gasteiger partial charge is 0.493 e. The van der Waals surface area contributed by atoms with Crippen LogP contribution in [0.1, 0.15) is 11.3 Å². The van der Waals surface area contributed by atoms with E-state index in [1.807, 2.05) is 56.4 Å². The highest BCUT2D eigenvalue weighted by atomic mass is 16.5. The van der Waals surface area contributed by atoms with Crippen LogP contribution in [0.4, 0.5) is 17.5 Å². The van der Waals surface area contributed by atoms with Gasteiger partial charge in [0, 0.05) is 37.1 Å². The van der Waals surface area contributed by atoms with E-state index in [4.69, 9.17) is 9.47 Å². The van der Waals surface area contributed by atoms with E-state index in [1.54, 1.807) is 14.2 Å². The molecule has 0 aliphatic heterocycles. The highest BCUT2D eigenvalue weighted by molar-refractivity contribution is 5.61. The third kappa shape index (κ3) is 4.67. The molecule has 1 heterocycles. The molecule has 27 heavy (non-hydrogen) atoms. The maximum Gasteiger partial charge on any atom is 0.229 e. The van der Waals surface area contributed by atoms with E-state index in [0.717, 1.165) is 23.7 Å². The molecule has 0 saturated heterocycles. The molecule has 2 aromatic carbocycles. The number of methoxy groups -OCH3 is 2. The molecule has 0 bridgehead atoms. The second kappa shape index (κ2) is 8.40. The molecule has 1 aromatic heterocycles. The molecule has 0 unspecified atom stereocenters. The molecule has 3 aromatic rings. The highest BCUT2D eigenvalue weighted by Gasteiger charge is 2.10. The van der Waals surface area contributed by atoms with Gasteiger partial charge >= 0.3 is 0 Å². The minimum atomic E-state index is 0.539. The predicted octanol–water partition coefficient (Wildman–Crippen LogP) is 4.18. The van der Waals surface area contributed by atoms with E-state index in [1.165, 1.54) is 5.56 Å². The predicted molar refractivity (Wildman–Crippen MR) is 108 cm³/mol. The van der Waals surface area contributed by atoms with Gasteiger partial charge in [0.25, 0.3) is 0 Å². The van der Waals surface area contributed by atoms with Gasteiger partial charge < -0.3 is 19.7 Å². The lowest BCUT2D eigenvalue weighted by Gasteiger charge is -2.19. The number of benzene rings is 2. The van der Waals surface area contributed by atoms with E-state index in [0.29, 0.717) is 17.4 Å². The monoisotopic (exact) mass is 364 g/mol. The maximum absolute atomic E-state index is 5.35. The minimum absolute atomic E-state index is 0.539. The van der Waals surface area contributed by atoms with Crippen molar-refractivity contribution in [3.8, 4) is 11.5 Å². The van der Waals surface area contributed by atoms with Gasteiger partial charge in [0.2, 0.25) is 5.95 Å². The van der Waals surface area contributed by atoms with Gasteiger partial charge in [0.15, 0.2) is 11.5 Å². The molecular formula is C21H24N4O2. The fourth-order valence-corrected chi connectivity index (χ4v) is 2.78. The Hall–Kier alpha value is -3.28. The lowest BCUT2D eigenvalue weighted by molar-refractivity contribution is 0.355. The Labute approximate surface area is 159 Å². The summed E-state index contributed by atoms with van der Waals surface area (Å²) in [5.41, 5.74) is 2.95. The van der Waals surface area contributed by atoms with Crippen molar-refractivity contribution in [2.24, 2.45) is 0 Å². The average molecular weight is 364 g/mol. The normalized spacial score (nSPS) is 10.4. The number of ether oxygens (including phenoxy) is 2. The summed E-state index contributed by atoms with van der Waals surface area (Å²) in [6.45, 7) is 2.73. The van der Waals surface area contributed by atoms with Crippen LogP contribution >= 0.6 is 0 Å². The van der Waals surface area contributed by atoms with Gasteiger partial charge in [-0.25, -0.2) is 4.98 Å². The zero-order valence-electron chi connectivity index (χ0n) is 16.1. The van der Waals surface area contributed by atoms with Crippen molar-refractivity contribution in [2.75, 3.05) is 31.5 Å². The third-order valence-electron chi connectivity index (χ3n) is 4.13. The Morgan fingerprint density at radius 1 is 0.926 bits per heavy atom. The van der Waals surface area contributed by atoms with Crippen molar-refractivity contribution < 1.29 is 9.47 Å². The number of nitrogens with one attached hydrogen (secondary N) is 1. The van der Waals surface area contributed by atoms with E-state index >= 15 is 0 Å². The van der Waals surface area contributed by atoms with Crippen LogP contribution in [0, 0.1) is 6.92 Å². The Morgan fingerprint density at radius 2 is 1.67 bits per heavy atom. The van der Waals surface area contributed by atoms with Crippen molar-refractivity contribution in [2.45, 2.75) is 13.5 Å². The molecule has 6 nitrogen and oxygen atoms in total. The first kappa shape index (κ1) is 18.5. The van der Waals surface area contributed by atoms with Crippen LogP contribution in [-0.4, -0.2) is 31.2 Å². The van der Waals surface area contributed by atoms with Gasteiger partial charge in [-0.2, -0.15) is 4.98 Å². The van der Waals surface area contributed by atoms with E-state index < -0.39 is 0 Å². The second-order valence-corrected chi connectivity index (χ2v) is 6.23. The fourth-order valence-electron chi connectivity index (χ4n) is 2.78. The number of aromatic nitrogens is 2. The van der Waals surface area contributed by atoms with E-state index in [2.05, 4.69) is 32.3 Å². The lowest BCUT2D eigenvalue weighted by Crippen LogP contribution is -2.18. The van der Waals surface area contributed by atoms with Crippen LogP contribution in [0.25, 0.3) is 0 Å². The van der Waals surface area contributed by atoms with E-state index in [9.17, 15) is 0 Å². The molecule has 0 fully saturated rings. The summed E-state index contributed by atoms with van der Waals surface area (Å²) in [5, 5.41) is 3.25. The quantitative estimate of drug-likeness (QED) is 0.679. The van der Waals surface area contributed by atoms with Crippen LogP contribution < -0.4 is 19.7 Å². The van der Waals surface area contributed by atoms with Crippen LogP contribution in [0.2, 0.25) is 0 Å². The summed E-state index contributed by atoms with van der Waals surface area (Å²) >= 11 is 0. The van der Waals surface area contributed by atoms with Gasteiger partial charge in [0.1, 0.15) is 5.82 Å². The zero-order valence-corrected chi connectivity index (χ0v) is 16.1. The molecule has 6 heteroatoms. The summed E-state index contributed by atoms with van der Waals surface area (Å²) < 4.78 is 10.6. The molecule has 140 valence electrons. The first-order valence-electron chi connectivity index (χ1n) is 8.69. The van der Waals surface area contributed by atoms with Crippen molar-refractivity contribution in [1.29, 1.82) is 0 Å². The first-order chi connectivity index (χ1) is 13.1. The number of rotatable bonds is 7. The summed E-state index contributed by atoms with van der Waals surface area (Å²) in [6.07, 6.45) is 0. The molecule has 0 saturated carbocycles. The molecule has 0 amide bonds. The van der Waals surface area contributed by atoms with E-state index in [-0.39, 0.29) is 0 Å². The smallest absolute Gasteiger partial charge is 0.229 e. The molecule has 3 rings (SSSR count). The standard InChI is InChI=1S/C21H24N4O2/c1-15-12-20(25(2)14-16-8-6-5-7-9-16)24-21(22-15)23-17-10-11-18(26-3)19(13-17)27-4/h5-13H,14H2,1-4H3,(H,22,23,24). The number of anilines is 3. The SMILES string of the molecule is COc1ccc(Nc2nc(C)cc(N(C)Cc3ccccc3)n2)cc1OC. The Kier molecular flexibility index (Phi) is 5.76. The summed E-state index contributed by atoms with van der Waals surface area (Å²) in [5.74, 6) is 2.72. The number of aryl methyl sites for hydroxylation is 1. The number of hydrogen-bond donors (Lipinski definition) is 1. The minimum Gasteiger partial charge on any atom is -0.493 e. The molecule has 1 N–H and O–H groups in total. The van der Waals surface area contributed by atoms with Crippen molar-refractivity contribution in [3.63, 3.8) is 0 Å². The van der Waals surface area contributed by atoms with Crippen molar-refractivity contribution in [3.05, 3.63) is 65.9 Å². The lowest BCUT2D eigenvalue weighted by atomic mass is 10.2. The highest BCUT2D eigenvalue weighted by Crippen LogP contribution is 2.30. The van der Waals surface area contributed by atoms with Crippen molar-refractivity contribution in [1.82, 2.24) is 9.97 Å². The molecular weight excluding hydrogens is 340 g/mol. The van der Waals surface area contributed by atoms with Gasteiger partial charge in [-0.1, -0.05) is 30.3 Å². The van der Waals surface area contributed by atoms with Crippen LogP contribution in [-0.2, 0) is 6.54 Å². The molecule has 0 aliphatic carbocycles. The zero-order chi connectivity index (χ0) is 19.2. The fraction of sp³-hybridized carbons (Fsp3) is 0.238. The molecule has 0 spiro atoms. The van der Waals surface area contributed by atoms with Gasteiger partial charge in [-0.15, -0.1) is 0 Å². The first-order valence-corrected chi connectivity index (χ1v) is 8.69. The van der Waals surface area contributed by atoms with Crippen LogP contribution in [0.5, 0.6) is 11.5 Å². The van der Waals surface area contributed by atoms with Gasteiger partial charge in [-0.3, -0.25) is 0 Å². The van der Waals surface area contributed by atoms with Crippen LogP contribution in [0.3, 0.4) is 0 Å². The van der Waals surface area contributed by atoms with Crippen LogP contribution in [0.15, 0.2) is 54.6 Å². The Balaban J connectivity index is 1.81. The summed E-state index contributed by atoms with van der Waals surface area (Å²) in [6, 6.07) is 17.9.